The van der Waals surface area contributed by atoms with E-state index in [0.29, 0.717) is 6.54 Å². The second-order valence-corrected chi connectivity index (χ2v) is 6.61. The molecule has 0 aliphatic heterocycles. The lowest BCUT2D eigenvalue weighted by Gasteiger charge is -2.16. The van der Waals surface area contributed by atoms with Crippen LogP contribution in [-0.4, -0.2) is 44.6 Å². The number of H-pyrrole nitrogens is 1. The molecule has 7 nitrogen and oxygen atoms in total. The summed E-state index contributed by atoms with van der Waals surface area (Å²) < 4.78 is 13.0. The summed E-state index contributed by atoms with van der Waals surface area (Å²) in [5.41, 5.74) is 8.62. The Labute approximate surface area is 162 Å². The average molecular weight is 382 g/mol. The van der Waals surface area contributed by atoms with Crippen LogP contribution < -0.4 is 5.73 Å². The topological polar surface area (TPSA) is 101 Å². The maximum Gasteiger partial charge on any atom is 0.276 e. The van der Waals surface area contributed by atoms with Crippen molar-refractivity contribution in [1.29, 1.82) is 0 Å². The number of nitrogens with one attached hydrogen (secondary N) is 1. The number of rotatable bonds is 8. The van der Waals surface area contributed by atoms with Crippen LogP contribution in [0.25, 0.3) is 11.3 Å². The van der Waals surface area contributed by atoms with Crippen LogP contribution in [0.3, 0.4) is 0 Å². The number of nitrogens with zero attached hydrogens (tertiary/aromatic N) is 4. The quantitative estimate of drug-likeness (QED) is 0.583. The van der Waals surface area contributed by atoms with E-state index in [1.54, 1.807) is 24.1 Å². The number of anilines is 1. The van der Waals surface area contributed by atoms with Crippen molar-refractivity contribution in [2.24, 2.45) is 0 Å². The lowest BCUT2D eigenvalue weighted by molar-refractivity contribution is 0.0787. The van der Waals surface area contributed by atoms with E-state index in [0.717, 1.165) is 42.6 Å². The number of benzene rings is 1. The van der Waals surface area contributed by atoms with E-state index < -0.39 is 0 Å². The number of aromatic nitrogens is 4. The molecule has 0 bridgehead atoms. The van der Waals surface area contributed by atoms with Gasteiger partial charge in [-0.05, 0) is 49.6 Å². The summed E-state index contributed by atoms with van der Waals surface area (Å²) in [5, 5.41) is 7.31. The van der Waals surface area contributed by atoms with E-state index in [1.807, 2.05) is 6.07 Å². The van der Waals surface area contributed by atoms with Crippen LogP contribution in [0.4, 0.5) is 10.2 Å². The Morgan fingerprint density at radius 1 is 1.14 bits per heavy atom. The van der Waals surface area contributed by atoms with Gasteiger partial charge in [0.1, 0.15) is 5.82 Å². The zero-order valence-corrected chi connectivity index (χ0v) is 15.7. The van der Waals surface area contributed by atoms with Crippen molar-refractivity contribution in [2.45, 2.75) is 25.7 Å². The van der Waals surface area contributed by atoms with Crippen molar-refractivity contribution in [2.75, 3.05) is 19.3 Å². The van der Waals surface area contributed by atoms with Crippen molar-refractivity contribution in [3.05, 3.63) is 59.9 Å². The van der Waals surface area contributed by atoms with Gasteiger partial charge >= 0.3 is 0 Å². The van der Waals surface area contributed by atoms with Crippen LogP contribution in [0.1, 0.15) is 35.4 Å². The van der Waals surface area contributed by atoms with Gasteiger partial charge in [0.15, 0.2) is 11.5 Å². The second-order valence-electron chi connectivity index (χ2n) is 6.61. The van der Waals surface area contributed by atoms with Crippen molar-refractivity contribution in [3.63, 3.8) is 0 Å². The molecule has 2 aromatic heterocycles. The number of aromatic amines is 1. The SMILES string of the molecule is CN(CCCCCc1cc(-c2ccc(F)cc2)n[nH]1)C(=O)c1nccnc1N. The summed E-state index contributed by atoms with van der Waals surface area (Å²) in [4.78, 5) is 21.8. The zero-order chi connectivity index (χ0) is 19.9. The van der Waals surface area contributed by atoms with Gasteiger partial charge in [-0.25, -0.2) is 14.4 Å². The number of carbonyl (C=O) groups is 1. The fraction of sp³-hybridized carbons (Fsp3) is 0.300. The van der Waals surface area contributed by atoms with E-state index in [1.165, 1.54) is 24.5 Å². The van der Waals surface area contributed by atoms with Crippen molar-refractivity contribution >= 4 is 11.7 Å². The van der Waals surface area contributed by atoms with Crippen LogP contribution in [0.2, 0.25) is 0 Å². The molecule has 0 unspecified atom stereocenters. The van der Waals surface area contributed by atoms with Gasteiger partial charge in [0, 0.05) is 37.2 Å². The van der Waals surface area contributed by atoms with Gasteiger partial charge in [-0.3, -0.25) is 9.89 Å². The number of hydrogen-bond donors (Lipinski definition) is 2. The fourth-order valence-electron chi connectivity index (χ4n) is 2.90. The molecule has 0 radical (unpaired) electrons. The smallest absolute Gasteiger partial charge is 0.276 e. The van der Waals surface area contributed by atoms with Gasteiger partial charge in [0.2, 0.25) is 0 Å². The van der Waals surface area contributed by atoms with Crippen LogP contribution in [0.15, 0.2) is 42.7 Å². The first-order valence-corrected chi connectivity index (χ1v) is 9.17. The molecule has 1 aromatic carbocycles. The molecular weight excluding hydrogens is 359 g/mol. The molecule has 2 heterocycles. The summed E-state index contributed by atoms with van der Waals surface area (Å²) >= 11 is 0. The fourth-order valence-corrected chi connectivity index (χ4v) is 2.90. The molecule has 0 aliphatic carbocycles. The summed E-state index contributed by atoms with van der Waals surface area (Å²) in [6.07, 6.45) is 6.61. The number of unbranched alkanes of at least 4 members (excludes halogenated alkanes) is 2. The molecule has 0 spiro atoms. The average Bonchev–Trinajstić information content (AvgIpc) is 3.17. The Morgan fingerprint density at radius 2 is 1.89 bits per heavy atom. The van der Waals surface area contributed by atoms with Gasteiger partial charge in [0.05, 0.1) is 5.69 Å². The first-order chi connectivity index (χ1) is 13.5. The predicted molar refractivity (Wildman–Crippen MR) is 105 cm³/mol. The first-order valence-electron chi connectivity index (χ1n) is 9.17. The lowest BCUT2D eigenvalue weighted by atomic mass is 10.1. The number of hydrogen-bond acceptors (Lipinski definition) is 5. The molecule has 8 heteroatoms. The Hall–Kier alpha value is -3.29. The van der Waals surface area contributed by atoms with Crippen LogP contribution in [0, 0.1) is 5.82 Å². The molecule has 0 fully saturated rings. The minimum Gasteiger partial charge on any atom is -0.382 e. The molecule has 0 atom stereocenters. The van der Waals surface area contributed by atoms with Gasteiger partial charge in [-0.1, -0.05) is 6.42 Å². The number of amides is 1. The lowest BCUT2D eigenvalue weighted by Crippen LogP contribution is -2.29. The van der Waals surface area contributed by atoms with Crippen molar-refractivity contribution in [3.8, 4) is 11.3 Å². The van der Waals surface area contributed by atoms with Gasteiger partial charge in [-0.15, -0.1) is 0 Å². The second kappa shape index (κ2) is 9.07. The molecule has 146 valence electrons. The number of aryl methyl sites for hydroxylation is 1. The molecule has 3 N–H and O–H groups in total. The highest BCUT2D eigenvalue weighted by Gasteiger charge is 2.16. The highest BCUT2D eigenvalue weighted by atomic mass is 19.1. The Kier molecular flexibility index (Phi) is 6.31. The molecule has 28 heavy (non-hydrogen) atoms. The van der Waals surface area contributed by atoms with Gasteiger partial charge in [-0.2, -0.15) is 5.10 Å². The molecule has 3 aromatic rings. The maximum atomic E-state index is 13.0. The summed E-state index contributed by atoms with van der Waals surface area (Å²) in [5.74, 6) is -0.330. The van der Waals surface area contributed by atoms with E-state index in [4.69, 9.17) is 5.73 Å². The van der Waals surface area contributed by atoms with Crippen LogP contribution >= 0.6 is 0 Å². The summed E-state index contributed by atoms with van der Waals surface area (Å²) in [7, 11) is 1.74. The highest BCUT2D eigenvalue weighted by molar-refractivity contribution is 5.96. The Bertz CT molecular complexity index is 924. The van der Waals surface area contributed by atoms with E-state index in [-0.39, 0.29) is 23.2 Å². The zero-order valence-electron chi connectivity index (χ0n) is 15.7. The minimum absolute atomic E-state index is 0.149. The Morgan fingerprint density at radius 3 is 2.64 bits per heavy atom. The number of nitrogens with two attached hydrogens (primary N) is 1. The standard InChI is InChI=1S/C20H23FN6O/c1-27(20(28)18-19(22)24-11-10-23-18)12-4-2-3-5-16-13-17(26-25-16)14-6-8-15(21)9-7-14/h6-11,13H,2-5,12H2,1H3,(H2,22,24)(H,25,26). The number of halogens is 1. The van der Waals surface area contributed by atoms with E-state index >= 15 is 0 Å². The van der Waals surface area contributed by atoms with Crippen LogP contribution in [-0.2, 0) is 6.42 Å². The van der Waals surface area contributed by atoms with Crippen molar-refractivity contribution in [1.82, 2.24) is 25.1 Å². The Balaban J connectivity index is 1.41. The number of nitrogen functional groups attached to an aromatic ring is 1. The third kappa shape index (κ3) is 4.91. The van der Waals surface area contributed by atoms with E-state index in [9.17, 15) is 9.18 Å². The number of carbonyl (C=O) groups excluding carboxylic acids is 1. The molecule has 0 saturated carbocycles. The predicted octanol–water partition coefficient (Wildman–Crippen LogP) is 3.07. The third-order valence-electron chi connectivity index (χ3n) is 4.49. The molecule has 0 saturated heterocycles. The highest BCUT2D eigenvalue weighted by Crippen LogP contribution is 2.19. The largest absolute Gasteiger partial charge is 0.382 e. The van der Waals surface area contributed by atoms with E-state index in [2.05, 4.69) is 20.2 Å². The minimum atomic E-state index is -0.259. The van der Waals surface area contributed by atoms with Crippen LogP contribution in [0.5, 0.6) is 0 Å². The van der Waals surface area contributed by atoms with Gasteiger partial charge in [0.25, 0.3) is 5.91 Å². The summed E-state index contributed by atoms with van der Waals surface area (Å²) in [6.45, 7) is 0.624. The van der Waals surface area contributed by atoms with Gasteiger partial charge < -0.3 is 10.6 Å². The molecule has 1 amide bonds. The van der Waals surface area contributed by atoms with Crippen molar-refractivity contribution < 1.29 is 9.18 Å². The summed E-state index contributed by atoms with van der Waals surface area (Å²) in [6, 6.07) is 8.27. The monoisotopic (exact) mass is 382 g/mol. The normalized spacial score (nSPS) is 10.8. The molecule has 0 aliphatic rings. The molecular formula is C20H23FN6O. The first kappa shape index (κ1) is 19.5. The third-order valence-corrected chi connectivity index (χ3v) is 4.49. The molecule has 3 rings (SSSR count). The maximum absolute atomic E-state index is 13.0.